The molecule has 0 atom stereocenters. The monoisotopic (exact) mass is 308 g/mol. The molecule has 1 heterocycles. The number of rotatable bonds is 4. The first-order valence-corrected chi connectivity index (χ1v) is 7.59. The summed E-state index contributed by atoms with van der Waals surface area (Å²) >= 11 is 6.41. The first kappa shape index (κ1) is 14.6. The molecule has 0 bridgehead atoms. The maximum absolute atomic E-state index is 6.41. The second-order valence-corrected chi connectivity index (χ2v) is 5.60. The topological polar surface area (TPSA) is 17.8 Å². The average Bonchev–Trinajstić information content (AvgIpc) is 2.94. The molecule has 0 fully saturated rings. The van der Waals surface area contributed by atoms with Crippen molar-refractivity contribution in [3.05, 3.63) is 88.5 Å². The number of imidazole rings is 1. The van der Waals surface area contributed by atoms with Crippen LogP contribution in [0.15, 0.2) is 60.9 Å². The highest BCUT2D eigenvalue weighted by Gasteiger charge is 2.04. The smallest absolute Gasteiger partial charge is 0.105 e. The van der Waals surface area contributed by atoms with Crippen molar-refractivity contribution in [2.45, 2.75) is 13.5 Å². The Morgan fingerprint density at radius 3 is 2.50 bits per heavy atom. The standard InChI is InChI=1S/C19H17ClN2/c1-15-21-11-12-22(15)14-18-10-9-17(13-19(18)20)8-7-16-5-3-2-4-6-16/h2-13H,14H2,1H3/b8-7+. The number of aryl methyl sites for hydroxylation is 1. The zero-order valence-corrected chi connectivity index (χ0v) is 13.2. The number of aromatic nitrogens is 2. The fraction of sp³-hybridized carbons (Fsp3) is 0.105. The molecule has 1 aromatic heterocycles. The van der Waals surface area contributed by atoms with Crippen LogP contribution in [0.3, 0.4) is 0 Å². The van der Waals surface area contributed by atoms with E-state index in [0.29, 0.717) is 0 Å². The van der Waals surface area contributed by atoms with Crippen LogP contribution in [0.2, 0.25) is 5.02 Å². The summed E-state index contributed by atoms with van der Waals surface area (Å²) < 4.78 is 2.08. The largest absolute Gasteiger partial charge is 0.331 e. The molecule has 0 spiro atoms. The molecule has 3 aromatic rings. The molecule has 110 valence electrons. The van der Waals surface area contributed by atoms with Gasteiger partial charge < -0.3 is 4.57 Å². The van der Waals surface area contributed by atoms with Gasteiger partial charge in [-0.25, -0.2) is 4.98 Å². The maximum atomic E-state index is 6.41. The normalized spacial score (nSPS) is 11.2. The third-order valence-corrected chi connectivity index (χ3v) is 3.96. The predicted molar refractivity (Wildman–Crippen MR) is 92.9 cm³/mol. The van der Waals surface area contributed by atoms with Crippen LogP contribution in [0, 0.1) is 6.92 Å². The molecule has 0 aliphatic heterocycles. The highest BCUT2D eigenvalue weighted by Crippen LogP contribution is 2.21. The average molecular weight is 309 g/mol. The lowest BCUT2D eigenvalue weighted by Gasteiger charge is -2.08. The van der Waals surface area contributed by atoms with Crippen molar-refractivity contribution in [1.82, 2.24) is 9.55 Å². The van der Waals surface area contributed by atoms with Gasteiger partial charge in [0.05, 0.1) is 6.54 Å². The van der Waals surface area contributed by atoms with E-state index in [-0.39, 0.29) is 0 Å². The minimum atomic E-state index is 0.743. The molecule has 0 saturated heterocycles. The fourth-order valence-corrected chi connectivity index (χ4v) is 2.56. The predicted octanol–water partition coefficient (Wildman–Crippen LogP) is 5.06. The molecular weight excluding hydrogens is 292 g/mol. The van der Waals surface area contributed by atoms with E-state index in [0.717, 1.165) is 28.5 Å². The summed E-state index contributed by atoms with van der Waals surface area (Å²) in [5.74, 6) is 0.990. The molecule has 0 unspecified atom stereocenters. The van der Waals surface area contributed by atoms with Gasteiger partial charge in [0.2, 0.25) is 0 Å². The number of hydrogen-bond donors (Lipinski definition) is 0. The lowest BCUT2D eigenvalue weighted by Crippen LogP contribution is -2.01. The van der Waals surface area contributed by atoms with Crippen LogP contribution in [0.1, 0.15) is 22.5 Å². The first-order chi connectivity index (χ1) is 10.7. The van der Waals surface area contributed by atoms with Crippen LogP contribution in [0.4, 0.5) is 0 Å². The van der Waals surface area contributed by atoms with E-state index in [1.165, 1.54) is 5.56 Å². The van der Waals surface area contributed by atoms with Gasteiger partial charge in [-0.2, -0.15) is 0 Å². The molecule has 0 N–H and O–H groups in total. The SMILES string of the molecule is Cc1nccn1Cc1ccc(/C=C/c2ccccc2)cc1Cl. The van der Waals surface area contributed by atoms with Gasteiger partial charge in [0.15, 0.2) is 0 Å². The highest BCUT2D eigenvalue weighted by atomic mass is 35.5. The maximum Gasteiger partial charge on any atom is 0.105 e. The number of hydrogen-bond acceptors (Lipinski definition) is 1. The number of nitrogens with zero attached hydrogens (tertiary/aromatic N) is 2. The molecule has 0 aliphatic rings. The summed E-state index contributed by atoms with van der Waals surface area (Å²) in [7, 11) is 0. The highest BCUT2D eigenvalue weighted by molar-refractivity contribution is 6.31. The lowest BCUT2D eigenvalue weighted by atomic mass is 10.1. The molecule has 2 nitrogen and oxygen atoms in total. The van der Waals surface area contributed by atoms with Crippen LogP contribution in [-0.4, -0.2) is 9.55 Å². The second kappa shape index (κ2) is 6.63. The Morgan fingerprint density at radius 2 is 1.82 bits per heavy atom. The van der Waals surface area contributed by atoms with Gasteiger partial charge in [-0.3, -0.25) is 0 Å². The quantitative estimate of drug-likeness (QED) is 0.616. The minimum absolute atomic E-state index is 0.743. The van der Waals surface area contributed by atoms with Gasteiger partial charge in [-0.1, -0.05) is 66.2 Å². The summed E-state index contributed by atoms with van der Waals surface area (Å²) in [6.07, 6.45) is 7.94. The lowest BCUT2D eigenvalue weighted by molar-refractivity contribution is 0.762. The fourth-order valence-electron chi connectivity index (χ4n) is 2.31. The molecule has 0 amide bonds. The van der Waals surface area contributed by atoms with E-state index < -0.39 is 0 Å². The van der Waals surface area contributed by atoms with E-state index in [1.54, 1.807) is 6.20 Å². The Kier molecular flexibility index (Phi) is 4.40. The molecule has 0 radical (unpaired) electrons. The Hall–Kier alpha value is -2.32. The van der Waals surface area contributed by atoms with E-state index >= 15 is 0 Å². The van der Waals surface area contributed by atoms with Crippen molar-refractivity contribution in [3.63, 3.8) is 0 Å². The van der Waals surface area contributed by atoms with Crippen LogP contribution < -0.4 is 0 Å². The van der Waals surface area contributed by atoms with Crippen molar-refractivity contribution in [1.29, 1.82) is 0 Å². The zero-order valence-electron chi connectivity index (χ0n) is 12.4. The van der Waals surface area contributed by atoms with Crippen LogP contribution in [-0.2, 0) is 6.54 Å². The van der Waals surface area contributed by atoms with Crippen LogP contribution >= 0.6 is 11.6 Å². The Balaban J connectivity index is 1.77. The third-order valence-electron chi connectivity index (χ3n) is 3.61. The van der Waals surface area contributed by atoms with Crippen molar-refractivity contribution >= 4 is 23.8 Å². The molecule has 0 aliphatic carbocycles. The first-order valence-electron chi connectivity index (χ1n) is 7.22. The van der Waals surface area contributed by atoms with Crippen molar-refractivity contribution in [2.75, 3.05) is 0 Å². The molecule has 0 saturated carbocycles. The van der Waals surface area contributed by atoms with Crippen molar-refractivity contribution < 1.29 is 0 Å². The Morgan fingerprint density at radius 1 is 1.05 bits per heavy atom. The molecule has 3 rings (SSSR count). The summed E-state index contributed by atoms with van der Waals surface area (Å²) in [5.41, 5.74) is 3.37. The number of halogens is 1. The van der Waals surface area contributed by atoms with E-state index in [4.69, 9.17) is 11.6 Å². The zero-order chi connectivity index (χ0) is 15.4. The van der Waals surface area contributed by atoms with Crippen LogP contribution in [0.5, 0.6) is 0 Å². The third kappa shape index (κ3) is 3.46. The van der Waals surface area contributed by atoms with Gasteiger partial charge in [0, 0.05) is 17.4 Å². The molecular formula is C19H17ClN2. The molecule has 22 heavy (non-hydrogen) atoms. The van der Waals surface area contributed by atoms with E-state index in [1.807, 2.05) is 37.4 Å². The minimum Gasteiger partial charge on any atom is -0.331 e. The van der Waals surface area contributed by atoms with Crippen molar-refractivity contribution in [2.24, 2.45) is 0 Å². The molecule has 2 aromatic carbocycles. The van der Waals surface area contributed by atoms with Gasteiger partial charge in [0.25, 0.3) is 0 Å². The summed E-state index contributed by atoms with van der Waals surface area (Å²) in [6, 6.07) is 16.4. The number of benzene rings is 2. The summed E-state index contributed by atoms with van der Waals surface area (Å²) in [6.45, 7) is 2.73. The summed E-state index contributed by atoms with van der Waals surface area (Å²) in [4.78, 5) is 4.23. The van der Waals surface area contributed by atoms with Crippen LogP contribution in [0.25, 0.3) is 12.2 Å². The van der Waals surface area contributed by atoms with E-state index in [2.05, 4.69) is 46.0 Å². The van der Waals surface area contributed by atoms with E-state index in [9.17, 15) is 0 Å². The van der Waals surface area contributed by atoms with Gasteiger partial charge >= 0.3 is 0 Å². The second-order valence-electron chi connectivity index (χ2n) is 5.20. The van der Waals surface area contributed by atoms with Gasteiger partial charge in [-0.15, -0.1) is 0 Å². The molecule has 3 heteroatoms. The van der Waals surface area contributed by atoms with Gasteiger partial charge in [0.1, 0.15) is 5.82 Å². The Labute approximate surface area is 135 Å². The summed E-state index contributed by atoms with van der Waals surface area (Å²) in [5, 5.41) is 0.781. The van der Waals surface area contributed by atoms with Crippen molar-refractivity contribution in [3.8, 4) is 0 Å². The Bertz CT molecular complexity index is 788. The van der Waals surface area contributed by atoms with Gasteiger partial charge in [-0.05, 0) is 29.7 Å².